The summed E-state index contributed by atoms with van der Waals surface area (Å²) in [6, 6.07) is 5.87. The van der Waals surface area contributed by atoms with Crippen molar-refractivity contribution in [1.82, 2.24) is 10.3 Å². The maximum atomic E-state index is 12.5. The van der Waals surface area contributed by atoms with Gasteiger partial charge in [0.05, 0.1) is 25.9 Å². The van der Waals surface area contributed by atoms with Crippen LogP contribution in [0.2, 0.25) is 10.0 Å². The van der Waals surface area contributed by atoms with E-state index in [1.165, 1.54) is 24.2 Å². The molecule has 168 valence electrons. The number of ketones is 1. The molecule has 1 aromatic carbocycles. The van der Waals surface area contributed by atoms with Gasteiger partial charge in [0.15, 0.2) is 5.78 Å². The van der Waals surface area contributed by atoms with Gasteiger partial charge in [-0.1, -0.05) is 35.3 Å². The van der Waals surface area contributed by atoms with E-state index in [9.17, 15) is 19.5 Å². The first-order valence-corrected chi connectivity index (χ1v) is 11.6. The van der Waals surface area contributed by atoms with Crippen molar-refractivity contribution in [3.63, 3.8) is 0 Å². The number of carbonyl (C=O) groups is 3. The van der Waals surface area contributed by atoms with Gasteiger partial charge in [-0.15, -0.1) is 11.8 Å². The van der Waals surface area contributed by atoms with Crippen LogP contribution in [-0.2, 0) is 16.0 Å². The van der Waals surface area contributed by atoms with Crippen LogP contribution in [0.1, 0.15) is 29.8 Å². The fraction of sp³-hybridized carbons (Fsp3) is 0.273. The molecule has 0 saturated carbocycles. The Morgan fingerprint density at radius 2 is 1.75 bits per heavy atom. The van der Waals surface area contributed by atoms with Crippen molar-refractivity contribution in [3.8, 4) is 0 Å². The summed E-state index contributed by atoms with van der Waals surface area (Å²) in [6.45, 7) is 3.55. The van der Waals surface area contributed by atoms with Gasteiger partial charge in [-0.25, -0.2) is 4.79 Å². The molecule has 7 nitrogen and oxygen atoms in total. The van der Waals surface area contributed by atoms with Gasteiger partial charge in [-0.3, -0.25) is 14.6 Å². The second-order valence-corrected chi connectivity index (χ2v) is 9.36. The van der Waals surface area contributed by atoms with Crippen molar-refractivity contribution in [2.75, 3.05) is 11.6 Å². The molecule has 2 aromatic rings. The van der Waals surface area contributed by atoms with Crippen LogP contribution in [0.25, 0.3) is 0 Å². The van der Waals surface area contributed by atoms with Crippen molar-refractivity contribution in [2.24, 2.45) is 5.41 Å². The van der Waals surface area contributed by atoms with Gasteiger partial charge in [-0.2, -0.15) is 0 Å². The summed E-state index contributed by atoms with van der Waals surface area (Å²) in [6.07, 6.45) is 4.65. The third-order valence-electron chi connectivity index (χ3n) is 5.18. The van der Waals surface area contributed by atoms with E-state index in [2.05, 4.69) is 15.6 Å². The number of allylic oxidation sites excluding steroid dienone is 2. The van der Waals surface area contributed by atoms with Crippen molar-refractivity contribution in [3.05, 3.63) is 68.4 Å². The Morgan fingerprint density at radius 3 is 2.28 bits per heavy atom. The molecular formula is C22H21Cl2N3O4S. The lowest BCUT2D eigenvalue weighted by molar-refractivity contribution is -0.139. The Morgan fingerprint density at radius 1 is 1.16 bits per heavy atom. The summed E-state index contributed by atoms with van der Waals surface area (Å²) in [5.74, 6) is -1.49. The normalized spacial score (nSPS) is 15.7. The summed E-state index contributed by atoms with van der Waals surface area (Å²) in [5.41, 5.74) is 1.30. The molecule has 1 amide bonds. The largest absolute Gasteiger partial charge is 0.480 e. The maximum absolute atomic E-state index is 12.5. The topological polar surface area (TPSA) is 108 Å². The molecule has 1 unspecified atom stereocenters. The number of thioether (sulfide) groups is 1. The van der Waals surface area contributed by atoms with E-state index in [0.717, 1.165) is 5.56 Å². The maximum Gasteiger partial charge on any atom is 0.326 e. The number of carbonyl (C=O) groups excluding carboxylic acids is 2. The summed E-state index contributed by atoms with van der Waals surface area (Å²) in [4.78, 5) is 40.9. The zero-order valence-corrected chi connectivity index (χ0v) is 19.9. The number of aliphatic carboxylic acids is 1. The highest BCUT2D eigenvalue weighted by Gasteiger charge is 2.47. The predicted molar refractivity (Wildman–Crippen MR) is 126 cm³/mol. The summed E-state index contributed by atoms with van der Waals surface area (Å²) in [5, 5.41) is 15.7. The van der Waals surface area contributed by atoms with Crippen LogP contribution in [0, 0.1) is 5.41 Å². The first kappa shape index (κ1) is 24.1. The summed E-state index contributed by atoms with van der Waals surface area (Å²) in [7, 11) is 0. The lowest BCUT2D eigenvalue weighted by Gasteiger charge is -2.39. The van der Waals surface area contributed by atoms with Crippen LogP contribution in [0.4, 0.5) is 5.69 Å². The third kappa shape index (κ3) is 4.77. The molecule has 32 heavy (non-hydrogen) atoms. The molecule has 1 atom stereocenters. The average molecular weight is 494 g/mol. The standard InChI is InChI=1S/C22H21Cl2N3O4S/c1-22(2)18(17(32-3)19(22)28)27-15(21(30)31)8-11-4-6-12(7-5-11)26-20(29)16-13(23)9-25-10-14(16)24/h4-7,9-10,15,27H,8H2,1-3H3,(H,26,29)(H,30,31). The molecule has 1 aliphatic rings. The minimum atomic E-state index is -1.02. The molecule has 0 aliphatic heterocycles. The first-order chi connectivity index (χ1) is 15.1. The van der Waals surface area contributed by atoms with Crippen molar-refractivity contribution < 1.29 is 19.5 Å². The lowest BCUT2D eigenvalue weighted by atomic mass is 9.74. The smallest absolute Gasteiger partial charge is 0.326 e. The van der Waals surface area contributed by atoms with Crippen molar-refractivity contribution in [2.45, 2.75) is 26.3 Å². The Kier molecular flexibility index (Phi) is 7.17. The van der Waals surface area contributed by atoms with Crippen LogP contribution in [0.15, 0.2) is 47.3 Å². The molecular weight excluding hydrogens is 473 g/mol. The number of hydrogen-bond acceptors (Lipinski definition) is 6. The second-order valence-electron chi connectivity index (χ2n) is 7.73. The minimum Gasteiger partial charge on any atom is -0.480 e. The third-order valence-corrected chi connectivity index (χ3v) is 6.55. The minimum absolute atomic E-state index is 0.00568. The number of pyridine rings is 1. The Hall–Kier alpha value is -2.55. The molecule has 0 radical (unpaired) electrons. The van der Waals surface area contributed by atoms with Gasteiger partial charge in [0.2, 0.25) is 0 Å². The number of aromatic nitrogens is 1. The van der Waals surface area contributed by atoms with Crippen molar-refractivity contribution in [1.29, 1.82) is 0 Å². The number of benzene rings is 1. The van der Waals surface area contributed by atoms with Crippen LogP contribution in [-0.4, -0.2) is 40.0 Å². The number of halogens is 2. The molecule has 0 fully saturated rings. The summed E-state index contributed by atoms with van der Waals surface area (Å²) >= 11 is 13.3. The molecule has 0 spiro atoms. The highest BCUT2D eigenvalue weighted by Crippen LogP contribution is 2.45. The predicted octanol–water partition coefficient (Wildman–Crippen LogP) is 4.41. The first-order valence-electron chi connectivity index (χ1n) is 9.58. The zero-order valence-electron chi connectivity index (χ0n) is 17.5. The van der Waals surface area contributed by atoms with E-state index < -0.39 is 23.3 Å². The average Bonchev–Trinajstić information content (AvgIpc) is 2.73. The number of rotatable bonds is 8. The van der Waals surface area contributed by atoms with Crippen LogP contribution in [0.5, 0.6) is 0 Å². The van der Waals surface area contributed by atoms with Gasteiger partial charge >= 0.3 is 5.97 Å². The molecule has 3 rings (SSSR count). The second kappa shape index (κ2) is 9.52. The van der Waals surface area contributed by atoms with E-state index in [1.54, 1.807) is 44.4 Å². The van der Waals surface area contributed by atoms with E-state index >= 15 is 0 Å². The Labute approximate surface area is 199 Å². The molecule has 1 aromatic heterocycles. The number of hydrogen-bond donors (Lipinski definition) is 3. The quantitative estimate of drug-likeness (QED) is 0.499. The lowest BCUT2D eigenvalue weighted by Crippen LogP contribution is -2.50. The number of Topliss-reactive ketones (excluding diaryl/α,β-unsaturated/α-hetero) is 1. The highest BCUT2D eigenvalue weighted by molar-refractivity contribution is 8.03. The number of carboxylic acid groups (broad SMARTS) is 1. The van der Waals surface area contributed by atoms with Gasteiger partial charge in [0.25, 0.3) is 5.91 Å². The van der Waals surface area contributed by atoms with Crippen LogP contribution < -0.4 is 10.6 Å². The fourth-order valence-electron chi connectivity index (χ4n) is 3.33. The molecule has 10 heteroatoms. The van der Waals surface area contributed by atoms with Crippen LogP contribution >= 0.6 is 35.0 Å². The van der Waals surface area contributed by atoms with Crippen molar-refractivity contribution >= 4 is 58.3 Å². The molecule has 1 heterocycles. The van der Waals surface area contributed by atoms with Gasteiger partial charge in [-0.05, 0) is 37.8 Å². The molecule has 0 saturated heterocycles. The number of nitrogens with zero attached hydrogens (tertiary/aromatic N) is 1. The van der Waals surface area contributed by atoms with Gasteiger partial charge in [0, 0.05) is 30.2 Å². The zero-order chi connectivity index (χ0) is 23.6. The summed E-state index contributed by atoms with van der Waals surface area (Å²) < 4.78 is 0. The van der Waals surface area contributed by atoms with E-state index in [-0.39, 0.29) is 27.8 Å². The number of carboxylic acids is 1. The van der Waals surface area contributed by atoms with Gasteiger partial charge in [0.1, 0.15) is 6.04 Å². The molecule has 3 N–H and O–H groups in total. The van der Waals surface area contributed by atoms with Gasteiger partial charge < -0.3 is 15.7 Å². The van der Waals surface area contributed by atoms with E-state index in [4.69, 9.17) is 23.2 Å². The van der Waals surface area contributed by atoms with Crippen LogP contribution in [0.3, 0.4) is 0 Å². The fourth-order valence-corrected chi connectivity index (χ4v) is 4.82. The Bertz CT molecular complexity index is 1100. The number of amides is 1. The number of anilines is 1. The monoisotopic (exact) mass is 493 g/mol. The van der Waals surface area contributed by atoms with E-state index in [1.807, 2.05) is 0 Å². The Balaban J connectivity index is 1.71. The number of nitrogens with one attached hydrogen (secondary N) is 2. The van der Waals surface area contributed by atoms with E-state index in [0.29, 0.717) is 16.3 Å². The molecule has 1 aliphatic carbocycles. The molecule has 0 bridgehead atoms. The SMILES string of the molecule is CSC1=C(NC(Cc2ccc(NC(=O)c3c(Cl)cncc3Cl)cc2)C(=O)O)C(C)(C)C1=O. The highest BCUT2D eigenvalue weighted by atomic mass is 35.5.